The Balaban J connectivity index is 1.83. The predicted octanol–water partition coefficient (Wildman–Crippen LogP) is -0.0801. The molecular weight excluding hydrogens is 236 g/mol. The van der Waals surface area contributed by atoms with E-state index in [-0.39, 0.29) is 5.91 Å². The molecule has 1 unspecified atom stereocenters. The van der Waals surface area contributed by atoms with Gasteiger partial charge in [0.1, 0.15) is 11.8 Å². The fourth-order valence-corrected chi connectivity index (χ4v) is 1.35. The van der Waals surface area contributed by atoms with E-state index in [1.54, 1.807) is 32.4 Å². The van der Waals surface area contributed by atoms with E-state index in [4.69, 9.17) is 4.42 Å². The molecule has 0 aliphatic heterocycles. The third kappa shape index (κ3) is 2.84. The van der Waals surface area contributed by atoms with Crippen LogP contribution < -0.4 is 10.6 Å². The number of hydrogen-bond acceptors (Lipinski definition) is 6. The van der Waals surface area contributed by atoms with Gasteiger partial charge in [-0.25, -0.2) is 4.68 Å². The van der Waals surface area contributed by atoms with Gasteiger partial charge < -0.3 is 15.1 Å². The lowest BCUT2D eigenvalue weighted by molar-refractivity contribution is -0.121. The smallest absolute Gasteiger partial charge is 0.243 e. The average molecular weight is 250 g/mol. The maximum atomic E-state index is 11.8. The highest BCUT2D eigenvalue weighted by molar-refractivity contribution is 5.83. The minimum absolute atomic E-state index is 0.158. The van der Waals surface area contributed by atoms with E-state index in [9.17, 15) is 4.79 Å². The normalized spacial score (nSPS) is 12.1. The average Bonchev–Trinajstić information content (AvgIpc) is 2.99. The van der Waals surface area contributed by atoms with E-state index >= 15 is 0 Å². The fourth-order valence-electron chi connectivity index (χ4n) is 1.35. The maximum Gasteiger partial charge on any atom is 0.243 e. The zero-order valence-corrected chi connectivity index (χ0v) is 10.1. The lowest BCUT2D eigenvalue weighted by Crippen LogP contribution is -2.37. The summed E-state index contributed by atoms with van der Waals surface area (Å²) in [6.45, 7) is 2.08. The van der Waals surface area contributed by atoms with Crippen molar-refractivity contribution in [1.29, 1.82) is 0 Å². The van der Waals surface area contributed by atoms with Gasteiger partial charge in [-0.2, -0.15) is 0 Å². The number of aryl methyl sites for hydroxylation is 1. The molecule has 0 bridgehead atoms. The number of carbonyl (C=O) groups is 1. The number of hydrogen-bond donors (Lipinski definition) is 2. The summed E-state index contributed by atoms with van der Waals surface area (Å²) in [5.74, 6) is 0.987. The Morgan fingerprint density at radius 2 is 2.44 bits per heavy atom. The Labute approximate surface area is 103 Å². The van der Waals surface area contributed by atoms with Gasteiger partial charge in [-0.1, -0.05) is 5.10 Å². The van der Waals surface area contributed by atoms with Gasteiger partial charge in [-0.05, 0) is 29.5 Å². The molecule has 8 nitrogen and oxygen atoms in total. The molecule has 0 radical (unpaired) electrons. The molecule has 18 heavy (non-hydrogen) atoms. The van der Waals surface area contributed by atoms with E-state index in [0.717, 1.165) is 0 Å². The van der Waals surface area contributed by atoms with Gasteiger partial charge in [-0.15, -0.1) is 0 Å². The molecule has 0 aromatic carbocycles. The van der Waals surface area contributed by atoms with Crippen molar-refractivity contribution < 1.29 is 9.21 Å². The van der Waals surface area contributed by atoms with Crippen LogP contribution in [-0.4, -0.2) is 32.2 Å². The summed E-state index contributed by atoms with van der Waals surface area (Å²) in [5.41, 5.74) is 0. The number of carbonyl (C=O) groups excluding carboxylic acids is 1. The summed E-state index contributed by atoms with van der Waals surface area (Å²) in [5, 5.41) is 16.5. The van der Waals surface area contributed by atoms with Crippen LogP contribution in [0.4, 0.5) is 5.95 Å². The Morgan fingerprint density at radius 1 is 1.61 bits per heavy atom. The highest BCUT2D eigenvalue weighted by atomic mass is 16.3. The van der Waals surface area contributed by atoms with Crippen molar-refractivity contribution in [2.75, 3.05) is 5.32 Å². The van der Waals surface area contributed by atoms with Crippen LogP contribution in [0.5, 0.6) is 0 Å². The van der Waals surface area contributed by atoms with Crippen LogP contribution in [0, 0.1) is 0 Å². The van der Waals surface area contributed by atoms with Crippen LogP contribution in [0.15, 0.2) is 22.8 Å². The molecule has 0 fully saturated rings. The first-order chi connectivity index (χ1) is 8.66. The van der Waals surface area contributed by atoms with Crippen LogP contribution in [0.3, 0.4) is 0 Å². The topological polar surface area (TPSA) is 97.9 Å². The monoisotopic (exact) mass is 250 g/mol. The fraction of sp³-hybridized carbons (Fsp3) is 0.400. The molecule has 96 valence electrons. The zero-order chi connectivity index (χ0) is 13.0. The second-order valence-electron chi connectivity index (χ2n) is 3.79. The zero-order valence-electron chi connectivity index (χ0n) is 10.1. The SMILES string of the molecule is CC(Nc1nnnn1C)C(=O)NCc1ccco1. The Bertz CT molecular complexity index is 506. The molecule has 2 rings (SSSR count). The first-order valence-electron chi connectivity index (χ1n) is 5.46. The number of nitrogens with one attached hydrogen (secondary N) is 2. The van der Waals surface area contributed by atoms with Gasteiger partial charge in [0.25, 0.3) is 0 Å². The number of rotatable bonds is 5. The first kappa shape index (κ1) is 12.1. The number of furan rings is 1. The van der Waals surface area contributed by atoms with E-state index in [1.165, 1.54) is 4.68 Å². The van der Waals surface area contributed by atoms with Gasteiger partial charge in [-0.3, -0.25) is 4.79 Å². The Hall–Kier alpha value is -2.38. The molecule has 2 heterocycles. The van der Waals surface area contributed by atoms with Gasteiger partial charge >= 0.3 is 0 Å². The number of anilines is 1. The Kier molecular flexibility index (Phi) is 3.56. The van der Waals surface area contributed by atoms with E-state index in [2.05, 4.69) is 26.2 Å². The van der Waals surface area contributed by atoms with Crippen LogP contribution in [0.25, 0.3) is 0 Å². The number of aromatic nitrogens is 4. The second-order valence-corrected chi connectivity index (χ2v) is 3.79. The molecule has 0 saturated heterocycles. The molecule has 1 atom stereocenters. The van der Waals surface area contributed by atoms with Gasteiger partial charge in [0.2, 0.25) is 11.9 Å². The lowest BCUT2D eigenvalue weighted by atomic mass is 10.3. The van der Waals surface area contributed by atoms with Gasteiger partial charge in [0, 0.05) is 7.05 Å². The van der Waals surface area contributed by atoms with Gasteiger partial charge in [0.05, 0.1) is 12.8 Å². The van der Waals surface area contributed by atoms with E-state index in [0.29, 0.717) is 18.3 Å². The molecule has 0 aliphatic rings. The minimum atomic E-state index is -0.440. The van der Waals surface area contributed by atoms with Crippen molar-refractivity contribution in [2.45, 2.75) is 19.5 Å². The van der Waals surface area contributed by atoms with Crippen molar-refractivity contribution in [3.63, 3.8) is 0 Å². The van der Waals surface area contributed by atoms with Crippen molar-refractivity contribution in [2.24, 2.45) is 7.05 Å². The summed E-state index contributed by atoms with van der Waals surface area (Å²) in [6.07, 6.45) is 1.56. The van der Waals surface area contributed by atoms with Crippen molar-refractivity contribution in [3.05, 3.63) is 24.2 Å². The van der Waals surface area contributed by atoms with Crippen molar-refractivity contribution >= 4 is 11.9 Å². The summed E-state index contributed by atoms with van der Waals surface area (Å²) in [7, 11) is 1.69. The predicted molar refractivity (Wildman–Crippen MR) is 62.4 cm³/mol. The quantitative estimate of drug-likeness (QED) is 0.770. The van der Waals surface area contributed by atoms with Crippen molar-refractivity contribution in [1.82, 2.24) is 25.5 Å². The maximum absolute atomic E-state index is 11.8. The molecule has 2 N–H and O–H groups in total. The molecule has 2 aromatic rings. The summed E-state index contributed by atoms with van der Waals surface area (Å²) >= 11 is 0. The molecule has 0 saturated carbocycles. The van der Waals surface area contributed by atoms with Crippen LogP contribution in [0.2, 0.25) is 0 Å². The van der Waals surface area contributed by atoms with Crippen LogP contribution in [0.1, 0.15) is 12.7 Å². The standard InChI is InChI=1S/C10H14N6O2/c1-7(12-10-13-14-15-16(10)2)9(17)11-6-8-4-3-5-18-8/h3-5,7H,6H2,1-2H3,(H,11,17)(H,12,13,15). The van der Waals surface area contributed by atoms with E-state index in [1.807, 2.05) is 0 Å². The second kappa shape index (κ2) is 5.30. The number of tetrazole rings is 1. The van der Waals surface area contributed by atoms with Gasteiger partial charge in [0.15, 0.2) is 0 Å². The van der Waals surface area contributed by atoms with E-state index < -0.39 is 6.04 Å². The molecule has 1 amide bonds. The molecule has 0 spiro atoms. The third-order valence-electron chi connectivity index (χ3n) is 2.38. The number of amides is 1. The first-order valence-corrected chi connectivity index (χ1v) is 5.46. The largest absolute Gasteiger partial charge is 0.467 e. The number of nitrogens with zero attached hydrogens (tertiary/aromatic N) is 4. The van der Waals surface area contributed by atoms with Crippen molar-refractivity contribution in [3.8, 4) is 0 Å². The lowest BCUT2D eigenvalue weighted by Gasteiger charge is -2.12. The third-order valence-corrected chi connectivity index (χ3v) is 2.38. The summed E-state index contributed by atoms with van der Waals surface area (Å²) < 4.78 is 6.57. The highest BCUT2D eigenvalue weighted by Crippen LogP contribution is 2.01. The molecule has 2 aromatic heterocycles. The summed E-state index contributed by atoms with van der Waals surface area (Å²) in [4.78, 5) is 11.8. The minimum Gasteiger partial charge on any atom is -0.467 e. The molecular formula is C10H14N6O2. The summed E-state index contributed by atoms with van der Waals surface area (Å²) in [6, 6.07) is 3.13. The molecule has 0 aliphatic carbocycles. The highest BCUT2D eigenvalue weighted by Gasteiger charge is 2.15. The van der Waals surface area contributed by atoms with Crippen LogP contribution in [-0.2, 0) is 18.4 Å². The molecule has 8 heteroatoms. The van der Waals surface area contributed by atoms with Crippen LogP contribution >= 0.6 is 0 Å². The Morgan fingerprint density at radius 3 is 3.06 bits per heavy atom.